The number of hydrogen-bond acceptors (Lipinski definition) is 4. The molecule has 0 saturated heterocycles. The number of carbonyl (C=O) groups is 2. The number of rotatable bonds is 4. The Bertz CT molecular complexity index is 476. The minimum Gasteiger partial charge on any atom is -0.309 e. The average molecular weight is 326 g/mol. The van der Waals surface area contributed by atoms with E-state index in [2.05, 4.69) is 13.8 Å². The van der Waals surface area contributed by atoms with E-state index >= 15 is 0 Å². The van der Waals surface area contributed by atoms with Crippen molar-refractivity contribution in [3.8, 4) is 0 Å². The van der Waals surface area contributed by atoms with E-state index in [-0.39, 0.29) is 29.1 Å². The molecule has 0 aromatic heterocycles. The van der Waals surface area contributed by atoms with E-state index in [4.69, 9.17) is 24.4 Å². The normalized spacial score (nSPS) is 20.4. The molecule has 6 heteroatoms. The maximum atomic E-state index is 12.2. The van der Waals surface area contributed by atoms with Crippen LogP contribution in [0.3, 0.4) is 0 Å². The molecule has 0 aromatic carbocycles. The Balaban J connectivity index is 1.91. The van der Waals surface area contributed by atoms with E-state index in [9.17, 15) is 9.59 Å². The molecule has 0 bridgehead atoms. The molecule has 116 valence electrons. The van der Waals surface area contributed by atoms with E-state index in [0.29, 0.717) is 9.98 Å². The number of amides is 2. The zero-order valence-electron chi connectivity index (χ0n) is 13.1. The molecule has 2 aliphatic carbocycles. The molecule has 2 fully saturated rings. The molecule has 2 saturated carbocycles. The highest BCUT2D eigenvalue weighted by Gasteiger charge is 2.46. The summed E-state index contributed by atoms with van der Waals surface area (Å²) < 4.78 is 0. The third kappa shape index (κ3) is 3.31. The number of thiocarbonyl (C=S) groups is 2. The van der Waals surface area contributed by atoms with Gasteiger partial charge in [-0.2, -0.15) is 0 Å². The Morgan fingerprint density at radius 1 is 0.857 bits per heavy atom. The first-order chi connectivity index (χ1) is 9.61. The summed E-state index contributed by atoms with van der Waals surface area (Å²) in [5.74, 6) is -0.512. The highest BCUT2D eigenvalue weighted by molar-refractivity contribution is 7.80. The molecular weight excluding hydrogens is 304 g/mol. The van der Waals surface area contributed by atoms with Crippen LogP contribution in [0.2, 0.25) is 0 Å². The van der Waals surface area contributed by atoms with Crippen LogP contribution in [0.1, 0.15) is 46.0 Å². The van der Waals surface area contributed by atoms with Crippen molar-refractivity contribution >= 4 is 46.2 Å². The SMILES string of the molecule is CN(C(=O)CC(=O)N(C)C(=S)C1(C)CC1)C(=S)C1(C)CC1. The van der Waals surface area contributed by atoms with E-state index in [1.807, 2.05) is 0 Å². The largest absolute Gasteiger partial charge is 0.309 e. The van der Waals surface area contributed by atoms with Crippen LogP contribution < -0.4 is 0 Å². The number of carbonyl (C=O) groups excluding carboxylic acids is 2. The van der Waals surface area contributed by atoms with Crippen molar-refractivity contribution in [3.63, 3.8) is 0 Å². The van der Waals surface area contributed by atoms with Gasteiger partial charge in [0.2, 0.25) is 11.8 Å². The summed E-state index contributed by atoms with van der Waals surface area (Å²) in [7, 11) is 3.31. The Labute approximate surface area is 136 Å². The monoisotopic (exact) mass is 326 g/mol. The summed E-state index contributed by atoms with van der Waals surface area (Å²) in [5, 5.41) is 0. The zero-order chi connectivity index (χ0) is 16.0. The second kappa shape index (κ2) is 5.39. The van der Waals surface area contributed by atoms with Gasteiger partial charge < -0.3 is 9.80 Å². The molecule has 2 rings (SSSR count). The third-order valence-corrected chi connectivity index (χ3v) is 6.23. The fraction of sp³-hybridized carbons (Fsp3) is 0.733. The summed E-state index contributed by atoms with van der Waals surface area (Å²) in [6, 6.07) is 0. The molecule has 0 atom stereocenters. The van der Waals surface area contributed by atoms with E-state index < -0.39 is 0 Å². The lowest BCUT2D eigenvalue weighted by Crippen LogP contribution is -2.42. The van der Waals surface area contributed by atoms with Crippen LogP contribution in [-0.2, 0) is 9.59 Å². The van der Waals surface area contributed by atoms with Crippen molar-refractivity contribution in [1.82, 2.24) is 9.80 Å². The van der Waals surface area contributed by atoms with Crippen LogP contribution in [0.15, 0.2) is 0 Å². The number of nitrogens with zero attached hydrogens (tertiary/aromatic N) is 2. The van der Waals surface area contributed by atoms with Crippen LogP contribution in [0.25, 0.3) is 0 Å². The molecule has 21 heavy (non-hydrogen) atoms. The summed E-state index contributed by atoms with van der Waals surface area (Å²) in [4.78, 5) is 28.6. The standard InChI is InChI=1S/C15H22N2O2S2/c1-14(5-6-14)12(20)16(3)10(18)9-11(19)17(4)13(21)15(2)7-8-15/h5-9H2,1-4H3. The highest BCUT2D eigenvalue weighted by Crippen LogP contribution is 2.48. The summed E-state index contributed by atoms with van der Waals surface area (Å²) in [6.07, 6.45) is 3.87. The van der Waals surface area contributed by atoms with Gasteiger partial charge in [0, 0.05) is 24.9 Å². The first-order valence-electron chi connectivity index (χ1n) is 7.23. The van der Waals surface area contributed by atoms with Gasteiger partial charge >= 0.3 is 0 Å². The minimum absolute atomic E-state index is 0.0362. The Morgan fingerprint density at radius 3 is 1.38 bits per heavy atom. The van der Waals surface area contributed by atoms with Crippen LogP contribution in [0.5, 0.6) is 0 Å². The molecular formula is C15H22N2O2S2. The van der Waals surface area contributed by atoms with Gasteiger partial charge in [-0.3, -0.25) is 9.59 Å². The molecule has 0 heterocycles. The topological polar surface area (TPSA) is 40.6 Å². The lowest BCUT2D eigenvalue weighted by molar-refractivity contribution is -0.135. The second-order valence-corrected chi connectivity index (χ2v) is 7.59. The smallest absolute Gasteiger partial charge is 0.236 e. The van der Waals surface area contributed by atoms with Gasteiger partial charge in [0.15, 0.2) is 0 Å². The first-order valence-corrected chi connectivity index (χ1v) is 8.04. The Hall–Kier alpha value is -0.880. The first kappa shape index (κ1) is 16.5. The Morgan fingerprint density at radius 2 is 1.14 bits per heavy atom. The van der Waals surface area contributed by atoms with Crippen molar-refractivity contribution in [3.05, 3.63) is 0 Å². The molecule has 2 amide bonds. The molecule has 0 aromatic rings. The van der Waals surface area contributed by atoms with Gasteiger partial charge in [-0.05, 0) is 25.7 Å². The lowest BCUT2D eigenvalue weighted by Gasteiger charge is -2.25. The maximum Gasteiger partial charge on any atom is 0.236 e. The van der Waals surface area contributed by atoms with Crippen LogP contribution >= 0.6 is 24.4 Å². The van der Waals surface area contributed by atoms with Crippen molar-refractivity contribution in [2.24, 2.45) is 10.8 Å². The fourth-order valence-electron chi connectivity index (χ4n) is 2.21. The zero-order valence-corrected chi connectivity index (χ0v) is 14.7. The molecule has 0 aliphatic heterocycles. The third-order valence-electron chi connectivity index (χ3n) is 4.69. The predicted molar refractivity (Wildman–Crippen MR) is 90.0 cm³/mol. The molecule has 4 nitrogen and oxygen atoms in total. The molecule has 0 unspecified atom stereocenters. The van der Waals surface area contributed by atoms with E-state index in [1.165, 1.54) is 9.80 Å². The van der Waals surface area contributed by atoms with Crippen molar-refractivity contribution in [1.29, 1.82) is 0 Å². The maximum absolute atomic E-state index is 12.2. The minimum atomic E-state index is -0.256. The van der Waals surface area contributed by atoms with Crippen molar-refractivity contribution < 1.29 is 9.59 Å². The van der Waals surface area contributed by atoms with E-state index in [0.717, 1.165) is 25.7 Å². The fourth-order valence-corrected chi connectivity index (χ4v) is 2.82. The highest BCUT2D eigenvalue weighted by atomic mass is 32.1. The van der Waals surface area contributed by atoms with Crippen LogP contribution in [0.4, 0.5) is 0 Å². The van der Waals surface area contributed by atoms with E-state index in [1.54, 1.807) is 14.1 Å². The quantitative estimate of drug-likeness (QED) is 0.588. The van der Waals surface area contributed by atoms with Gasteiger partial charge in [0.05, 0.1) is 9.98 Å². The van der Waals surface area contributed by atoms with Gasteiger partial charge in [-0.15, -0.1) is 0 Å². The molecule has 0 spiro atoms. The summed E-state index contributed by atoms with van der Waals surface area (Å²) >= 11 is 10.7. The van der Waals surface area contributed by atoms with Gasteiger partial charge in [-0.25, -0.2) is 0 Å². The molecule has 0 N–H and O–H groups in total. The average Bonchev–Trinajstić information content (AvgIpc) is 3.35. The second-order valence-electron chi connectivity index (χ2n) is 6.81. The Kier molecular flexibility index (Phi) is 4.23. The predicted octanol–water partition coefficient (Wildman–Crippen LogP) is 2.55. The molecule has 2 aliphatic rings. The van der Waals surface area contributed by atoms with Gasteiger partial charge in [0.25, 0.3) is 0 Å². The van der Waals surface area contributed by atoms with Crippen LogP contribution in [-0.4, -0.2) is 45.7 Å². The van der Waals surface area contributed by atoms with Gasteiger partial charge in [0.1, 0.15) is 6.42 Å². The van der Waals surface area contributed by atoms with Crippen molar-refractivity contribution in [2.45, 2.75) is 46.0 Å². The van der Waals surface area contributed by atoms with Gasteiger partial charge in [-0.1, -0.05) is 38.3 Å². The molecule has 0 radical (unpaired) electrons. The summed E-state index contributed by atoms with van der Waals surface area (Å²) in [5.41, 5.74) is -0.0725. The number of hydrogen-bond donors (Lipinski definition) is 0. The lowest BCUT2D eigenvalue weighted by atomic mass is 10.1. The van der Waals surface area contributed by atoms with Crippen molar-refractivity contribution in [2.75, 3.05) is 14.1 Å². The summed E-state index contributed by atoms with van der Waals surface area (Å²) in [6.45, 7) is 4.10. The van der Waals surface area contributed by atoms with Crippen LogP contribution in [0, 0.1) is 10.8 Å².